The zero-order valence-corrected chi connectivity index (χ0v) is 7.70. The van der Waals surface area contributed by atoms with E-state index in [4.69, 9.17) is 5.26 Å². The third-order valence-corrected chi connectivity index (χ3v) is 1.68. The van der Waals surface area contributed by atoms with E-state index in [9.17, 15) is 22.0 Å². The topological polar surface area (TPSA) is 35.8 Å². The summed E-state index contributed by atoms with van der Waals surface area (Å²) in [6, 6.07) is 3.15. The van der Waals surface area contributed by atoms with Crippen molar-refractivity contribution in [3.63, 3.8) is 0 Å². The Morgan fingerprint density at radius 1 is 1.19 bits per heavy atom. The number of nitrogens with one attached hydrogen (secondary N) is 1. The third-order valence-electron chi connectivity index (χ3n) is 1.68. The molecule has 1 rings (SSSR count). The van der Waals surface area contributed by atoms with E-state index in [1.54, 1.807) is 5.32 Å². The molecule has 0 aliphatic heterocycles. The van der Waals surface area contributed by atoms with Crippen LogP contribution in [0.15, 0.2) is 12.1 Å². The molecule has 7 heteroatoms. The van der Waals surface area contributed by atoms with Gasteiger partial charge in [-0.25, -0.2) is 8.78 Å². The average Bonchev–Trinajstić information content (AvgIpc) is 2.19. The lowest BCUT2D eigenvalue weighted by Gasteiger charge is -2.10. The van der Waals surface area contributed by atoms with Gasteiger partial charge in [-0.2, -0.15) is 18.4 Å². The normalized spacial score (nSPS) is 11.0. The third kappa shape index (κ3) is 2.82. The fourth-order valence-corrected chi connectivity index (χ4v) is 0.968. The van der Waals surface area contributed by atoms with Crippen LogP contribution in [0.25, 0.3) is 0 Å². The molecule has 0 atom stereocenters. The van der Waals surface area contributed by atoms with Crippen molar-refractivity contribution in [1.82, 2.24) is 0 Å². The summed E-state index contributed by atoms with van der Waals surface area (Å²) in [4.78, 5) is 0. The maximum atomic E-state index is 13.1. The zero-order valence-electron chi connectivity index (χ0n) is 7.70. The molecular weight excluding hydrogens is 231 g/mol. The van der Waals surface area contributed by atoms with E-state index in [0.29, 0.717) is 0 Å². The Morgan fingerprint density at radius 2 is 1.81 bits per heavy atom. The van der Waals surface area contributed by atoms with E-state index < -0.39 is 35.6 Å². The summed E-state index contributed by atoms with van der Waals surface area (Å²) >= 11 is 0. The summed E-state index contributed by atoms with van der Waals surface area (Å²) in [6.45, 7) is -1.48. The van der Waals surface area contributed by atoms with Gasteiger partial charge in [0.2, 0.25) is 0 Å². The maximum absolute atomic E-state index is 13.1. The quantitative estimate of drug-likeness (QED) is 0.801. The van der Waals surface area contributed by atoms with Crippen molar-refractivity contribution in [2.45, 2.75) is 6.18 Å². The molecule has 1 aromatic rings. The van der Waals surface area contributed by atoms with E-state index in [1.807, 2.05) is 0 Å². The van der Waals surface area contributed by atoms with Crippen LogP contribution in [0.4, 0.5) is 27.6 Å². The molecule has 2 nitrogen and oxygen atoms in total. The molecule has 0 heterocycles. The highest BCUT2D eigenvalue weighted by Crippen LogP contribution is 2.22. The van der Waals surface area contributed by atoms with Gasteiger partial charge < -0.3 is 5.32 Å². The Labute approximate surface area is 87.3 Å². The predicted molar refractivity (Wildman–Crippen MR) is 45.6 cm³/mol. The van der Waals surface area contributed by atoms with Crippen LogP contribution >= 0.6 is 0 Å². The van der Waals surface area contributed by atoms with Crippen LogP contribution in [0.3, 0.4) is 0 Å². The summed E-state index contributed by atoms with van der Waals surface area (Å²) in [5, 5.41) is 10.0. The number of halogens is 5. The minimum atomic E-state index is -4.53. The second-order valence-corrected chi connectivity index (χ2v) is 2.87. The molecule has 0 saturated heterocycles. The Kier molecular flexibility index (Phi) is 3.32. The summed E-state index contributed by atoms with van der Waals surface area (Å²) in [7, 11) is 0. The number of anilines is 1. The molecule has 0 amide bonds. The number of hydrogen-bond donors (Lipinski definition) is 1. The minimum absolute atomic E-state index is 0.560. The first kappa shape index (κ1) is 12.2. The lowest BCUT2D eigenvalue weighted by molar-refractivity contribution is -0.115. The first-order valence-corrected chi connectivity index (χ1v) is 4.04. The van der Waals surface area contributed by atoms with Gasteiger partial charge in [0.25, 0.3) is 0 Å². The van der Waals surface area contributed by atoms with Gasteiger partial charge in [-0.15, -0.1) is 0 Å². The van der Waals surface area contributed by atoms with Gasteiger partial charge in [0, 0.05) is 0 Å². The molecule has 0 radical (unpaired) electrons. The van der Waals surface area contributed by atoms with E-state index in [-0.39, 0.29) is 0 Å². The first-order valence-electron chi connectivity index (χ1n) is 4.04. The lowest BCUT2D eigenvalue weighted by Crippen LogP contribution is -2.22. The summed E-state index contributed by atoms with van der Waals surface area (Å²) in [5.74, 6) is -2.96. The van der Waals surface area contributed by atoms with Crippen molar-refractivity contribution < 1.29 is 22.0 Å². The molecule has 0 bridgehead atoms. The SMILES string of the molecule is N#Cc1ccc(NCC(F)(F)F)c(F)c1F. The van der Waals surface area contributed by atoms with Crippen LogP contribution in [0.2, 0.25) is 0 Å². The molecular formula is C9H5F5N2. The smallest absolute Gasteiger partial charge is 0.374 e. The van der Waals surface area contributed by atoms with Crippen molar-refractivity contribution in [3.05, 3.63) is 29.3 Å². The Bertz CT molecular complexity index is 433. The number of hydrogen-bond acceptors (Lipinski definition) is 2. The monoisotopic (exact) mass is 236 g/mol. The Hall–Kier alpha value is -1.84. The van der Waals surface area contributed by atoms with Gasteiger partial charge >= 0.3 is 6.18 Å². The standard InChI is InChI=1S/C9H5F5N2/c10-7-5(3-15)1-2-6(8(7)11)16-4-9(12,13)14/h1-2,16H,4H2. The number of nitrogens with zero attached hydrogens (tertiary/aromatic N) is 1. The van der Waals surface area contributed by atoms with Gasteiger partial charge in [-0.1, -0.05) is 0 Å². The van der Waals surface area contributed by atoms with Crippen LogP contribution in [0.1, 0.15) is 5.56 Å². The molecule has 0 aliphatic carbocycles. The van der Waals surface area contributed by atoms with Crippen LogP contribution in [-0.4, -0.2) is 12.7 Å². The fourth-order valence-electron chi connectivity index (χ4n) is 0.968. The molecule has 86 valence electrons. The highest BCUT2D eigenvalue weighted by atomic mass is 19.4. The fraction of sp³-hybridized carbons (Fsp3) is 0.222. The molecule has 0 fully saturated rings. The molecule has 0 unspecified atom stereocenters. The van der Waals surface area contributed by atoms with E-state index >= 15 is 0 Å². The van der Waals surface area contributed by atoms with Gasteiger partial charge in [0.1, 0.15) is 12.6 Å². The number of nitriles is 1. The van der Waals surface area contributed by atoms with Gasteiger partial charge in [0.15, 0.2) is 11.6 Å². The van der Waals surface area contributed by atoms with Gasteiger partial charge in [-0.05, 0) is 12.1 Å². The van der Waals surface area contributed by atoms with Crippen molar-refractivity contribution in [1.29, 1.82) is 5.26 Å². The Morgan fingerprint density at radius 3 is 2.31 bits per heavy atom. The molecule has 16 heavy (non-hydrogen) atoms. The highest BCUT2D eigenvalue weighted by molar-refractivity contribution is 5.49. The molecule has 0 aliphatic rings. The zero-order chi connectivity index (χ0) is 12.3. The minimum Gasteiger partial charge on any atom is -0.374 e. The maximum Gasteiger partial charge on any atom is 0.405 e. The van der Waals surface area contributed by atoms with Crippen molar-refractivity contribution in [3.8, 4) is 6.07 Å². The van der Waals surface area contributed by atoms with Gasteiger partial charge in [-0.3, -0.25) is 0 Å². The first-order chi connectivity index (χ1) is 7.35. The van der Waals surface area contributed by atoms with Crippen LogP contribution in [0.5, 0.6) is 0 Å². The molecule has 0 spiro atoms. The van der Waals surface area contributed by atoms with Crippen molar-refractivity contribution in [2.75, 3.05) is 11.9 Å². The summed E-state index contributed by atoms with van der Waals surface area (Å²) < 4.78 is 61.4. The lowest BCUT2D eigenvalue weighted by atomic mass is 10.2. The number of alkyl halides is 3. The average molecular weight is 236 g/mol. The largest absolute Gasteiger partial charge is 0.405 e. The predicted octanol–water partition coefficient (Wildman–Crippen LogP) is 2.81. The van der Waals surface area contributed by atoms with E-state index in [0.717, 1.165) is 12.1 Å². The summed E-state index contributed by atoms with van der Waals surface area (Å²) in [5.41, 5.74) is -1.19. The second-order valence-electron chi connectivity index (χ2n) is 2.87. The van der Waals surface area contributed by atoms with Gasteiger partial charge in [0.05, 0.1) is 11.3 Å². The highest BCUT2D eigenvalue weighted by Gasteiger charge is 2.27. The second kappa shape index (κ2) is 4.35. The number of rotatable bonds is 2. The molecule has 0 aromatic heterocycles. The van der Waals surface area contributed by atoms with Crippen molar-refractivity contribution >= 4 is 5.69 Å². The molecule has 0 saturated carbocycles. The van der Waals surface area contributed by atoms with Crippen molar-refractivity contribution in [2.24, 2.45) is 0 Å². The Balaban J connectivity index is 2.92. The molecule has 1 N–H and O–H groups in total. The summed E-state index contributed by atoms with van der Waals surface area (Å²) in [6.07, 6.45) is -4.53. The van der Waals surface area contributed by atoms with Crippen LogP contribution in [-0.2, 0) is 0 Å². The van der Waals surface area contributed by atoms with E-state index in [2.05, 4.69) is 0 Å². The van der Waals surface area contributed by atoms with Crippen LogP contribution < -0.4 is 5.32 Å². The van der Waals surface area contributed by atoms with Crippen LogP contribution in [0, 0.1) is 23.0 Å². The molecule has 1 aromatic carbocycles. The van der Waals surface area contributed by atoms with E-state index in [1.165, 1.54) is 6.07 Å². The number of benzene rings is 1.